The van der Waals surface area contributed by atoms with Crippen molar-refractivity contribution in [3.63, 3.8) is 0 Å². The van der Waals surface area contributed by atoms with Crippen LogP contribution in [0.4, 0.5) is 5.69 Å². The Labute approximate surface area is 139 Å². The summed E-state index contributed by atoms with van der Waals surface area (Å²) in [6, 6.07) is 3.57. The molecule has 0 atom stereocenters. The Morgan fingerprint density at radius 2 is 2.21 bits per heavy atom. The molecule has 1 saturated carbocycles. The van der Waals surface area contributed by atoms with Crippen molar-refractivity contribution in [3.05, 3.63) is 42.2 Å². The molecule has 0 saturated heterocycles. The van der Waals surface area contributed by atoms with Gasteiger partial charge in [-0.1, -0.05) is 0 Å². The fourth-order valence-corrected chi connectivity index (χ4v) is 2.17. The molecule has 24 heavy (non-hydrogen) atoms. The Hall–Kier alpha value is -3.03. The van der Waals surface area contributed by atoms with Crippen LogP contribution in [0.15, 0.2) is 35.8 Å². The molecule has 0 unspecified atom stereocenters. The zero-order valence-electron chi connectivity index (χ0n) is 13.5. The first-order valence-corrected chi connectivity index (χ1v) is 7.60. The summed E-state index contributed by atoms with van der Waals surface area (Å²) in [5.41, 5.74) is 3.58. The van der Waals surface area contributed by atoms with Crippen LogP contribution in [0.3, 0.4) is 0 Å². The first-order valence-electron chi connectivity index (χ1n) is 7.60. The lowest BCUT2D eigenvalue weighted by Gasteiger charge is -2.16. The van der Waals surface area contributed by atoms with E-state index in [4.69, 9.17) is 0 Å². The van der Waals surface area contributed by atoms with Crippen molar-refractivity contribution < 1.29 is 9.59 Å². The van der Waals surface area contributed by atoms with Gasteiger partial charge in [-0.3, -0.25) is 14.6 Å². The van der Waals surface area contributed by atoms with Gasteiger partial charge in [0.2, 0.25) is 5.91 Å². The molecular formula is C16H18N6O2. The van der Waals surface area contributed by atoms with Gasteiger partial charge in [0, 0.05) is 26.2 Å². The SMILES string of the molecule is CN(C(=O)c1cnc(/C=N/NC(=O)C2CC2)n1C)c1cccnc1. The molecule has 2 amide bonds. The van der Waals surface area contributed by atoms with Gasteiger partial charge in [-0.15, -0.1) is 0 Å². The van der Waals surface area contributed by atoms with E-state index in [1.54, 1.807) is 43.2 Å². The number of hydrogen-bond acceptors (Lipinski definition) is 5. The number of nitrogens with zero attached hydrogens (tertiary/aromatic N) is 5. The number of anilines is 1. The molecule has 2 heterocycles. The second-order valence-corrected chi connectivity index (χ2v) is 5.64. The summed E-state index contributed by atoms with van der Waals surface area (Å²) < 4.78 is 1.63. The quantitative estimate of drug-likeness (QED) is 0.654. The number of carbonyl (C=O) groups is 2. The molecular weight excluding hydrogens is 308 g/mol. The van der Waals surface area contributed by atoms with Crippen LogP contribution >= 0.6 is 0 Å². The topological polar surface area (TPSA) is 92.5 Å². The van der Waals surface area contributed by atoms with Crippen LogP contribution in [0.2, 0.25) is 0 Å². The van der Waals surface area contributed by atoms with Crippen LogP contribution in [0.1, 0.15) is 29.2 Å². The molecule has 0 radical (unpaired) electrons. The van der Waals surface area contributed by atoms with E-state index in [1.165, 1.54) is 17.3 Å². The lowest BCUT2D eigenvalue weighted by molar-refractivity contribution is -0.122. The van der Waals surface area contributed by atoms with Crippen molar-refractivity contribution in [1.29, 1.82) is 0 Å². The Morgan fingerprint density at radius 3 is 2.88 bits per heavy atom. The highest BCUT2D eigenvalue weighted by atomic mass is 16.2. The molecule has 0 aromatic carbocycles. The van der Waals surface area contributed by atoms with Gasteiger partial charge in [0.25, 0.3) is 5.91 Å². The van der Waals surface area contributed by atoms with Crippen molar-refractivity contribution in [2.24, 2.45) is 18.1 Å². The predicted octanol–water partition coefficient (Wildman–Crippen LogP) is 0.952. The molecule has 1 N–H and O–H groups in total. The highest BCUT2D eigenvalue weighted by Gasteiger charge is 2.29. The van der Waals surface area contributed by atoms with E-state index >= 15 is 0 Å². The summed E-state index contributed by atoms with van der Waals surface area (Å²) in [6.45, 7) is 0. The molecule has 1 aliphatic rings. The number of rotatable bonds is 5. The summed E-state index contributed by atoms with van der Waals surface area (Å²) >= 11 is 0. The molecule has 0 spiro atoms. The standard InChI is InChI=1S/C16H18N6O2/c1-21(12-4-3-7-17-8-12)16(24)13-9-18-14(22(13)2)10-19-20-15(23)11-5-6-11/h3-4,7-11H,5-6H2,1-2H3,(H,20,23)/b19-10+. The highest BCUT2D eigenvalue weighted by molar-refractivity contribution is 6.04. The minimum absolute atomic E-state index is 0.0759. The molecule has 1 fully saturated rings. The third-order valence-electron chi connectivity index (χ3n) is 3.88. The number of amides is 2. The van der Waals surface area contributed by atoms with Gasteiger partial charge in [0.05, 0.1) is 24.3 Å². The van der Waals surface area contributed by atoms with Gasteiger partial charge in [0.1, 0.15) is 5.69 Å². The Kier molecular flexibility index (Phi) is 4.37. The molecule has 0 aliphatic heterocycles. The second-order valence-electron chi connectivity index (χ2n) is 5.64. The molecule has 2 aromatic rings. The zero-order chi connectivity index (χ0) is 17.1. The van der Waals surface area contributed by atoms with Crippen molar-refractivity contribution in [2.45, 2.75) is 12.8 Å². The summed E-state index contributed by atoms with van der Waals surface area (Å²) in [4.78, 5) is 33.8. The van der Waals surface area contributed by atoms with Crippen molar-refractivity contribution in [1.82, 2.24) is 20.0 Å². The summed E-state index contributed by atoms with van der Waals surface area (Å²) in [5, 5.41) is 3.90. The molecule has 1 aliphatic carbocycles. The first kappa shape index (κ1) is 15.9. The van der Waals surface area contributed by atoms with Crippen molar-refractivity contribution in [2.75, 3.05) is 11.9 Å². The zero-order valence-corrected chi connectivity index (χ0v) is 13.5. The van der Waals surface area contributed by atoms with E-state index in [9.17, 15) is 9.59 Å². The third kappa shape index (κ3) is 3.32. The van der Waals surface area contributed by atoms with Crippen molar-refractivity contribution >= 4 is 23.7 Å². The van der Waals surface area contributed by atoms with Gasteiger partial charge in [-0.05, 0) is 25.0 Å². The number of pyridine rings is 1. The average molecular weight is 326 g/mol. The maximum Gasteiger partial charge on any atom is 0.276 e. The Morgan fingerprint density at radius 1 is 1.42 bits per heavy atom. The van der Waals surface area contributed by atoms with E-state index in [1.807, 2.05) is 0 Å². The minimum atomic E-state index is -0.209. The fraction of sp³-hybridized carbons (Fsp3) is 0.312. The molecule has 3 rings (SSSR count). The number of nitrogens with one attached hydrogen (secondary N) is 1. The second kappa shape index (κ2) is 6.61. The number of hydrazone groups is 1. The monoisotopic (exact) mass is 326 g/mol. The van der Waals surface area contributed by atoms with Crippen LogP contribution in [-0.4, -0.2) is 39.6 Å². The predicted molar refractivity (Wildman–Crippen MR) is 88.6 cm³/mol. The lowest BCUT2D eigenvalue weighted by atomic mass is 10.3. The summed E-state index contributed by atoms with van der Waals surface area (Å²) in [7, 11) is 3.40. The maximum atomic E-state index is 12.6. The fourth-order valence-electron chi connectivity index (χ4n) is 2.17. The van der Waals surface area contributed by atoms with Crippen LogP contribution < -0.4 is 10.3 Å². The van der Waals surface area contributed by atoms with Crippen LogP contribution in [0.25, 0.3) is 0 Å². The molecule has 124 valence electrons. The Bertz CT molecular complexity index is 779. The van der Waals surface area contributed by atoms with Crippen LogP contribution in [0, 0.1) is 5.92 Å². The van der Waals surface area contributed by atoms with E-state index < -0.39 is 0 Å². The number of carbonyl (C=O) groups excluding carboxylic acids is 2. The molecule has 2 aromatic heterocycles. The van der Waals surface area contributed by atoms with E-state index in [-0.39, 0.29) is 17.7 Å². The molecule has 8 nitrogen and oxygen atoms in total. The lowest BCUT2D eigenvalue weighted by Crippen LogP contribution is -2.28. The van der Waals surface area contributed by atoms with Crippen LogP contribution in [0.5, 0.6) is 0 Å². The molecule has 0 bridgehead atoms. The van der Waals surface area contributed by atoms with Crippen LogP contribution in [-0.2, 0) is 11.8 Å². The van der Waals surface area contributed by atoms with E-state index in [0.717, 1.165) is 12.8 Å². The largest absolute Gasteiger partial charge is 0.322 e. The normalized spacial score (nSPS) is 13.9. The van der Waals surface area contributed by atoms with Gasteiger partial charge in [-0.25, -0.2) is 10.4 Å². The highest BCUT2D eigenvalue weighted by Crippen LogP contribution is 2.28. The minimum Gasteiger partial charge on any atom is -0.322 e. The molecule has 8 heteroatoms. The van der Waals surface area contributed by atoms with Gasteiger partial charge in [0.15, 0.2) is 5.82 Å². The van der Waals surface area contributed by atoms with Gasteiger partial charge >= 0.3 is 0 Å². The van der Waals surface area contributed by atoms with Crippen molar-refractivity contribution in [3.8, 4) is 0 Å². The third-order valence-corrected chi connectivity index (χ3v) is 3.88. The number of aromatic nitrogens is 3. The smallest absolute Gasteiger partial charge is 0.276 e. The van der Waals surface area contributed by atoms with E-state index in [0.29, 0.717) is 17.2 Å². The summed E-state index contributed by atoms with van der Waals surface area (Å²) in [6.07, 6.45) is 8.02. The Balaban J connectivity index is 1.70. The number of hydrogen-bond donors (Lipinski definition) is 1. The average Bonchev–Trinajstić information content (AvgIpc) is 3.39. The van der Waals surface area contributed by atoms with Gasteiger partial charge < -0.3 is 9.47 Å². The van der Waals surface area contributed by atoms with Gasteiger partial charge in [-0.2, -0.15) is 5.10 Å². The maximum absolute atomic E-state index is 12.6. The summed E-state index contributed by atoms with van der Waals surface area (Å²) in [5.74, 6) is 0.288. The van der Waals surface area contributed by atoms with E-state index in [2.05, 4.69) is 20.5 Å². The number of imidazole rings is 1. The first-order chi connectivity index (χ1) is 11.6.